The molecule has 0 aliphatic carbocycles. The number of nitrogens with zero attached hydrogens (tertiary/aromatic N) is 1. The van der Waals surface area contributed by atoms with Crippen molar-refractivity contribution in [3.63, 3.8) is 0 Å². The Kier molecular flexibility index (Phi) is 4.95. The normalized spacial score (nSPS) is 10.2. The van der Waals surface area contributed by atoms with Crippen LogP contribution in [0.2, 0.25) is 0 Å². The lowest BCUT2D eigenvalue weighted by molar-refractivity contribution is -0.385. The van der Waals surface area contributed by atoms with E-state index in [-0.39, 0.29) is 18.2 Å². The molecule has 1 amide bonds. The number of hydrogen-bond acceptors (Lipinski definition) is 4. The summed E-state index contributed by atoms with van der Waals surface area (Å²) in [5.41, 5.74) is 2.95. The highest BCUT2D eigenvalue weighted by atomic mass is 16.6. The maximum atomic E-state index is 11.9. The van der Waals surface area contributed by atoms with Gasteiger partial charge in [-0.05, 0) is 38.5 Å². The third-order valence-electron chi connectivity index (χ3n) is 3.38. The Morgan fingerprint density at radius 1 is 1.13 bits per heavy atom. The van der Waals surface area contributed by atoms with Gasteiger partial charge in [0.1, 0.15) is 5.75 Å². The number of amides is 1. The van der Waals surface area contributed by atoms with Crippen molar-refractivity contribution in [3.05, 3.63) is 63.2 Å². The molecule has 120 valence electrons. The summed E-state index contributed by atoms with van der Waals surface area (Å²) in [6, 6.07) is 10.2. The van der Waals surface area contributed by atoms with E-state index in [1.165, 1.54) is 6.07 Å². The van der Waals surface area contributed by atoms with Crippen LogP contribution in [0.3, 0.4) is 0 Å². The van der Waals surface area contributed by atoms with E-state index in [1.807, 2.05) is 32.0 Å². The van der Waals surface area contributed by atoms with Crippen LogP contribution in [0, 0.1) is 30.9 Å². The number of benzene rings is 2. The van der Waals surface area contributed by atoms with Gasteiger partial charge in [-0.25, -0.2) is 0 Å². The highest BCUT2D eigenvalue weighted by Gasteiger charge is 2.12. The van der Waals surface area contributed by atoms with Crippen LogP contribution in [-0.4, -0.2) is 17.4 Å². The molecular formula is C17H18N2O4. The fraction of sp³-hybridized carbons (Fsp3) is 0.235. The first kappa shape index (κ1) is 16.5. The topological polar surface area (TPSA) is 81.5 Å². The molecule has 2 rings (SSSR count). The van der Waals surface area contributed by atoms with Crippen molar-refractivity contribution in [2.45, 2.75) is 20.8 Å². The third-order valence-corrected chi connectivity index (χ3v) is 3.38. The van der Waals surface area contributed by atoms with E-state index in [0.29, 0.717) is 17.0 Å². The van der Waals surface area contributed by atoms with Crippen LogP contribution in [0.4, 0.5) is 11.4 Å². The van der Waals surface area contributed by atoms with Crippen molar-refractivity contribution < 1.29 is 14.5 Å². The van der Waals surface area contributed by atoms with Gasteiger partial charge in [0.25, 0.3) is 11.6 Å². The lowest BCUT2D eigenvalue weighted by Crippen LogP contribution is -2.20. The molecule has 0 aliphatic heterocycles. The number of ether oxygens (including phenoxy) is 1. The van der Waals surface area contributed by atoms with Gasteiger partial charge in [-0.3, -0.25) is 14.9 Å². The van der Waals surface area contributed by atoms with E-state index in [2.05, 4.69) is 5.32 Å². The van der Waals surface area contributed by atoms with Crippen molar-refractivity contribution >= 4 is 17.3 Å². The molecule has 0 radical (unpaired) electrons. The number of rotatable bonds is 5. The van der Waals surface area contributed by atoms with Crippen molar-refractivity contribution in [1.82, 2.24) is 0 Å². The van der Waals surface area contributed by atoms with Gasteiger partial charge in [0.15, 0.2) is 6.61 Å². The summed E-state index contributed by atoms with van der Waals surface area (Å²) in [7, 11) is 0. The molecule has 0 fully saturated rings. The number of hydrogen-bond donors (Lipinski definition) is 1. The van der Waals surface area contributed by atoms with Crippen LogP contribution in [0.25, 0.3) is 0 Å². The molecule has 0 aliphatic rings. The molecule has 0 saturated heterocycles. The molecular weight excluding hydrogens is 296 g/mol. The number of aryl methyl sites for hydroxylation is 3. The first-order valence-electron chi connectivity index (χ1n) is 7.12. The zero-order valence-corrected chi connectivity index (χ0v) is 13.3. The van der Waals surface area contributed by atoms with Gasteiger partial charge in [-0.15, -0.1) is 0 Å². The predicted octanol–water partition coefficient (Wildman–Crippen LogP) is 3.54. The summed E-state index contributed by atoms with van der Waals surface area (Å²) < 4.78 is 5.48. The van der Waals surface area contributed by atoms with E-state index >= 15 is 0 Å². The fourth-order valence-electron chi connectivity index (χ4n) is 2.19. The number of carbonyl (C=O) groups excluding carboxylic acids is 1. The Balaban J connectivity index is 2.00. The molecule has 6 heteroatoms. The average molecular weight is 314 g/mol. The van der Waals surface area contributed by atoms with E-state index in [1.54, 1.807) is 19.1 Å². The summed E-state index contributed by atoms with van der Waals surface area (Å²) in [5, 5.41) is 13.5. The van der Waals surface area contributed by atoms with Crippen LogP contribution in [0.15, 0.2) is 36.4 Å². The Morgan fingerprint density at radius 2 is 1.87 bits per heavy atom. The fourth-order valence-corrected chi connectivity index (χ4v) is 2.19. The summed E-state index contributed by atoms with van der Waals surface area (Å²) in [6.45, 7) is 5.37. The van der Waals surface area contributed by atoms with Gasteiger partial charge in [0, 0.05) is 17.3 Å². The second-order valence-electron chi connectivity index (χ2n) is 5.36. The van der Waals surface area contributed by atoms with Crippen molar-refractivity contribution in [2.75, 3.05) is 11.9 Å². The van der Waals surface area contributed by atoms with Crippen LogP contribution in [0.1, 0.15) is 16.7 Å². The van der Waals surface area contributed by atoms with E-state index in [0.717, 1.165) is 11.1 Å². The van der Waals surface area contributed by atoms with Crippen LogP contribution < -0.4 is 10.1 Å². The van der Waals surface area contributed by atoms with E-state index in [4.69, 9.17) is 4.74 Å². The molecule has 6 nitrogen and oxygen atoms in total. The minimum atomic E-state index is -0.475. The minimum Gasteiger partial charge on any atom is -0.483 e. The Labute approximate surface area is 134 Å². The van der Waals surface area contributed by atoms with Gasteiger partial charge < -0.3 is 10.1 Å². The Morgan fingerprint density at radius 3 is 2.52 bits per heavy atom. The first-order valence-corrected chi connectivity index (χ1v) is 7.12. The zero-order valence-electron chi connectivity index (χ0n) is 13.3. The number of nitrogens with one attached hydrogen (secondary N) is 1. The van der Waals surface area contributed by atoms with Gasteiger partial charge >= 0.3 is 0 Å². The minimum absolute atomic E-state index is 0.0295. The van der Waals surface area contributed by atoms with Crippen LogP contribution in [-0.2, 0) is 4.79 Å². The quantitative estimate of drug-likeness (QED) is 0.676. The molecule has 0 atom stereocenters. The second-order valence-corrected chi connectivity index (χ2v) is 5.36. The van der Waals surface area contributed by atoms with Gasteiger partial charge in [-0.2, -0.15) is 0 Å². The Bertz CT molecular complexity index is 756. The molecule has 0 saturated carbocycles. The SMILES string of the molecule is Cc1ccc(OCC(=O)Nc2ccc(C)c([N+](=O)[O-])c2)c(C)c1. The van der Waals surface area contributed by atoms with Gasteiger partial charge in [-0.1, -0.05) is 23.8 Å². The van der Waals surface area contributed by atoms with Crippen LogP contribution in [0.5, 0.6) is 5.75 Å². The molecule has 2 aromatic rings. The Hall–Kier alpha value is -2.89. The lowest BCUT2D eigenvalue weighted by Gasteiger charge is -2.10. The zero-order chi connectivity index (χ0) is 17.0. The van der Waals surface area contributed by atoms with Crippen molar-refractivity contribution in [1.29, 1.82) is 0 Å². The lowest BCUT2D eigenvalue weighted by atomic mass is 10.1. The summed E-state index contributed by atoms with van der Waals surface area (Å²) in [4.78, 5) is 22.4. The standard InChI is InChI=1S/C17H18N2O4/c1-11-4-7-16(13(3)8-11)23-10-17(20)18-14-6-5-12(2)15(9-14)19(21)22/h4-9H,10H2,1-3H3,(H,18,20). The maximum absolute atomic E-state index is 11.9. The monoisotopic (exact) mass is 314 g/mol. The van der Waals surface area contributed by atoms with Crippen molar-refractivity contribution in [2.24, 2.45) is 0 Å². The highest BCUT2D eigenvalue weighted by molar-refractivity contribution is 5.92. The molecule has 2 aromatic carbocycles. The number of anilines is 1. The van der Waals surface area contributed by atoms with E-state index in [9.17, 15) is 14.9 Å². The van der Waals surface area contributed by atoms with Crippen LogP contribution >= 0.6 is 0 Å². The summed E-state index contributed by atoms with van der Waals surface area (Å²) in [6.07, 6.45) is 0. The molecule has 23 heavy (non-hydrogen) atoms. The number of nitro benzene ring substituents is 1. The summed E-state index contributed by atoms with van der Waals surface area (Å²) in [5.74, 6) is 0.267. The second kappa shape index (κ2) is 6.91. The molecule has 0 unspecified atom stereocenters. The number of nitro groups is 1. The number of carbonyl (C=O) groups is 1. The molecule has 0 bridgehead atoms. The predicted molar refractivity (Wildman–Crippen MR) is 87.9 cm³/mol. The smallest absolute Gasteiger partial charge is 0.274 e. The molecule has 0 aromatic heterocycles. The maximum Gasteiger partial charge on any atom is 0.274 e. The first-order chi connectivity index (χ1) is 10.9. The largest absolute Gasteiger partial charge is 0.483 e. The van der Waals surface area contributed by atoms with Gasteiger partial charge in [0.2, 0.25) is 0 Å². The molecule has 0 spiro atoms. The highest BCUT2D eigenvalue weighted by Crippen LogP contribution is 2.22. The van der Waals surface area contributed by atoms with Crippen molar-refractivity contribution in [3.8, 4) is 5.75 Å². The third kappa shape index (κ3) is 4.29. The molecule has 0 heterocycles. The van der Waals surface area contributed by atoms with Gasteiger partial charge in [0.05, 0.1) is 4.92 Å². The summed E-state index contributed by atoms with van der Waals surface area (Å²) >= 11 is 0. The van der Waals surface area contributed by atoms with E-state index < -0.39 is 4.92 Å². The average Bonchev–Trinajstić information content (AvgIpc) is 2.48. The molecule has 1 N–H and O–H groups in total.